The largest absolute Gasteiger partial charge is 0.463 e. The SMILES string of the molecule is CC(=O)OCC1OC(OCC2OC(S)C(OC(C)=O)C(OC3OC(COC(C)=O)C(OC(C)=O)C(OC(C)=O)C3OC(C)=O)C2OC(C)=O)C(OC(C)=O)C(OC(C)=O)C1OC(C)=O. The summed E-state index contributed by atoms with van der Waals surface area (Å²) in [5.74, 6) is -9.08. The highest BCUT2D eigenvalue weighted by Crippen LogP contribution is 2.37. The maximum Gasteiger partial charge on any atom is 0.303 e. The lowest BCUT2D eigenvalue weighted by Gasteiger charge is -2.48. The van der Waals surface area contributed by atoms with E-state index < -0.39 is 171 Å². The van der Waals surface area contributed by atoms with Crippen molar-refractivity contribution in [1.29, 1.82) is 0 Å². The first-order valence-corrected chi connectivity index (χ1v) is 20.0. The number of carbonyl (C=O) groups excluding carboxylic acids is 10. The minimum Gasteiger partial charge on any atom is -0.463 e. The number of hydrogen-bond donors (Lipinski definition) is 1. The van der Waals surface area contributed by atoms with Gasteiger partial charge < -0.3 is 71.1 Å². The van der Waals surface area contributed by atoms with Gasteiger partial charge in [-0.3, -0.25) is 47.9 Å². The van der Waals surface area contributed by atoms with Gasteiger partial charge in [0, 0.05) is 69.2 Å². The summed E-state index contributed by atoms with van der Waals surface area (Å²) in [7, 11) is 0. The monoisotopic (exact) mass is 940 g/mol. The number of carbonyl (C=O) groups is 10. The Morgan fingerprint density at radius 2 is 0.641 bits per heavy atom. The first-order chi connectivity index (χ1) is 29.9. The van der Waals surface area contributed by atoms with Crippen LogP contribution < -0.4 is 0 Å². The Hall–Kier alpha value is -5.15. The maximum absolute atomic E-state index is 12.8. The van der Waals surface area contributed by atoms with Crippen LogP contribution in [0.15, 0.2) is 0 Å². The highest BCUT2D eigenvalue weighted by atomic mass is 32.1. The molecule has 3 rings (SSSR count). The van der Waals surface area contributed by atoms with Crippen molar-refractivity contribution in [2.75, 3.05) is 19.8 Å². The van der Waals surface area contributed by atoms with E-state index in [-0.39, 0.29) is 0 Å². The molecule has 3 saturated heterocycles. The van der Waals surface area contributed by atoms with Crippen LogP contribution in [0.5, 0.6) is 0 Å². The van der Waals surface area contributed by atoms with Crippen molar-refractivity contribution < 1.29 is 119 Å². The third-order valence-corrected chi connectivity index (χ3v) is 9.24. The Bertz CT molecular complexity index is 1740. The van der Waals surface area contributed by atoms with Crippen LogP contribution in [0, 0.1) is 0 Å². The van der Waals surface area contributed by atoms with Crippen molar-refractivity contribution in [3.63, 3.8) is 0 Å². The zero-order valence-electron chi connectivity index (χ0n) is 36.4. The summed E-state index contributed by atoms with van der Waals surface area (Å²) in [5.41, 5.74) is -1.48. The molecule has 360 valence electrons. The number of ether oxygens (including phenoxy) is 15. The van der Waals surface area contributed by atoms with Crippen molar-refractivity contribution in [2.24, 2.45) is 0 Å². The normalized spacial score (nSPS) is 32.3. The lowest BCUT2D eigenvalue weighted by atomic mass is 9.96. The van der Waals surface area contributed by atoms with Crippen molar-refractivity contribution in [3.8, 4) is 0 Å². The predicted octanol–water partition coefficient (Wildman–Crippen LogP) is -0.927. The van der Waals surface area contributed by atoms with E-state index in [0.29, 0.717) is 0 Å². The van der Waals surface area contributed by atoms with Crippen LogP contribution >= 0.6 is 12.6 Å². The quantitative estimate of drug-likeness (QED) is 0.105. The molecule has 3 heterocycles. The lowest BCUT2D eigenvalue weighted by Crippen LogP contribution is -2.67. The second-order valence-electron chi connectivity index (χ2n) is 14.3. The van der Waals surface area contributed by atoms with Crippen molar-refractivity contribution in [2.45, 2.75) is 161 Å². The van der Waals surface area contributed by atoms with E-state index in [0.717, 1.165) is 69.2 Å². The van der Waals surface area contributed by atoms with Gasteiger partial charge >= 0.3 is 59.7 Å². The molecule has 25 nitrogen and oxygen atoms in total. The Kier molecular flexibility index (Phi) is 20.1. The van der Waals surface area contributed by atoms with Crippen molar-refractivity contribution >= 4 is 72.3 Å². The average Bonchev–Trinajstić information content (AvgIpc) is 3.14. The number of thiol groups is 1. The fourth-order valence-corrected chi connectivity index (χ4v) is 7.19. The molecule has 0 bridgehead atoms. The molecule has 0 radical (unpaired) electrons. The molecule has 0 N–H and O–H groups in total. The van der Waals surface area contributed by atoms with E-state index in [4.69, 9.17) is 71.1 Å². The van der Waals surface area contributed by atoms with E-state index in [1.54, 1.807) is 0 Å². The third-order valence-electron chi connectivity index (χ3n) is 8.83. The summed E-state index contributed by atoms with van der Waals surface area (Å²) in [6.45, 7) is 8.24. The second kappa shape index (κ2) is 24.2. The van der Waals surface area contributed by atoms with Crippen LogP contribution in [0.1, 0.15) is 69.2 Å². The molecule has 0 amide bonds. The first-order valence-electron chi connectivity index (χ1n) is 19.4. The van der Waals surface area contributed by atoms with Gasteiger partial charge in [0.1, 0.15) is 43.1 Å². The summed E-state index contributed by atoms with van der Waals surface area (Å²) in [6.07, 6.45) is -23.2. The van der Waals surface area contributed by atoms with Crippen LogP contribution in [0.4, 0.5) is 0 Å². The molecular weight excluding hydrogens is 888 g/mol. The van der Waals surface area contributed by atoms with E-state index in [2.05, 4.69) is 12.6 Å². The summed E-state index contributed by atoms with van der Waals surface area (Å²) < 4.78 is 84.6. The lowest BCUT2D eigenvalue weighted by molar-refractivity contribution is -0.345. The molecule has 3 aliphatic heterocycles. The van der Waals surface area contributed by atoms with Gasteiger partial charge in [-0.15, -0.1) is 12.6 Å². The summed E-state index contributed by atoms with van der Waals surface area (Å²) >= 11 is 4.46. The van der Waals surface area contributed by atoms with Gasteiger partial charge in [-0.25, -0.2) is 0 Å². The Labute approximate surface area is 371 Å². The van der Waals surface area contributed by atoms with E-state index >= 15 is 0 Å². The first kappa shape index (κ1) is 53.2. The molecule has 3 fully saturated rings. The molecule has 0 spiro atoms. The van der Waals surface area contributed by atoms with Gasteiger partial charge in [0.2, 0.25) is 0 Å². The highest BCUT2D eigenvalue weighted by Gasteiger charge is 2.58. The summed E-state index contributed by atoms with van der Waals surface area (Å²) in [4.78, 5) is 123. The smallest absolute Gasteiger partial charge is 0.303 e. The molecule has 64 heavy (non-hydrogen) atoms. The fourth-order valence-electron chi connectivity index (χ4n) is 6.80. The molecule has 15 unspecified atom stereocenters. The molecule has 0 aromatic rings. The van der Waals surface area contributed by atoms with Crippen LogP contribution in [-0.2, 0) is 119 Å². The minimum absolute atomic E-state index is 0.595. The van der Waals surface area contributed by atoms with Crippen LogP contribution in [0.3, 0.4) is 0 Å². The zero-order chi connectivity index (χ0) is 48.2. The predicted molar refractivity (Wildman–Crippen MR) is 203 cm³/mol. The van der Waals surface area contributed by atoms with Gasteiger partial charge in [-0.05, 0) is 0 Å². The molecule has 0 saturated carbocycles. The molecule has 15 atom stereocenters. The highest BCUT2D eigenvalue weighted by molar-refractivity contribution is 7.80. The molecule has 0 aromatic carbocycles. The van der Waals surface area contributed by atoms with E-state index in [9.17, 15) is 47.9 Å². The molecule has 0 aromatic heterocycles. The molecular formula is C38H52O25S. The van der Waals surface area contributed by atoms with Crippen LogP contribution in [0.2, 0.25) is 0 Å². The van der Waals surface area contributed by atoms with Gasteiger partial charge in [-0.1, -0.05) is 0 Å². The number of hydrogen-bond acceptors (Lipinski definition) is 26. The minimum atomic E-state index is -1.92. The fraction of sp³-hybridized carbons (Fsp3) is 0.737. The zero-order valence-corrected chi connectivity index (χ0v) is 37.3. The van der Waals surface area contributed by atoms with Crippen molar-refractivity contribution in [1.82, 2.24) is 0 Å². The Balaban J connectivity index is 2.16. The van der Waals surface area contributed by atoms with Gasteiger partial charge in [-0.2, -0.15) is 0 Å². The molecule has 0 aliphatic carbocycles. The molecule has 26 heteroatoms. The maximum atomic E-state index is 12.8. The van der Waals surface area contributed by atoms with Gasteiger partial charge in [0.15, 0.2) is 61.4 Å². The topological polar surface area (TPSA) is 309 Å². The van der Waals surface area contributed by atoms with E-state index in [1.807, 2.05) is 0 Å². The van der Waals surface area contributed by atoms with Gasteiger partial charge in [0.05, 0.1) is 6.61 Å². The number of esters is 10. The second-order valence-corrected chi connectivity index (χ2v) is 14.8. The average molecular weight is 941 g/mol. The van der Waals surface area contributed by atoms with Crippen molar-refractivity contribution in [3.05, 3.63) is 0 Å². The standard InChI is InChI=1S/C38H52O25S/c1-14(39)49-11-24-27(52-16(3)41)30(55-19(6)44)33(57-21(8)46)36(60-24)51-13-26-29(54-18(5)43)32(35(38(64)62-26)59-23(10)48)63-37-34(58-22(9)47)31(56-20(7)45)28(53-17(4)42)25(61-37)12-50-15(2)40/h24-38,64H,11-13H2,1-10H3. The number of rotatable bonds is 17. The molecule has 3 aliphatic rings. The van der Waals surface area contributed by atoms with Crippen LogP contribution in [-0.4, -0.2) is 171 Å². The Morgan fingerprint density at radius 1 is 0.344 bits per heavy atom. The summed E-state index contributed by atoms with van der Waals surface area (Å²) in [5, 5.41) is 0. The van der Waals surface area contributed by atoms with Crippen LogP contribution in [0.25, 0.3) is 0 Å². The van der Waals surface area contributed by atoms with Gasteiger partial charge in [0.25, 0.3) is 0 Å². The Morgan fingerprint density at radius 3 is 1.02 bits per heavy atom. The third kappa shape index (κ3) is 15.8. The van der Waals surface area contributed by atoms with E-state index in [1.165, 1.54) is 0 Å². The summed E-state index contributed by atoms with van der Waals surface area (Å²) in [6, 6.07) is 0.